The van der Waals surface area contributed by atoms with E-state index in [1.165, 1.54) is 0 Å². The summed E-state index contributed by atoms with van der Waals surface area (Å²) in [5, 5.41) is 15.3. The van der Waals surface area contributed by atoms with Crippen LogP contribution in [0.2, 0.25) is 0 Å². The average molecular weight is 262 g/mol. The lowest BCUT2D eigenvalue weighted by atomic mass is 10.1. The lowest BCUT2D eigenvalue weighted by Crippen LogP contribution is -2.05. The highest BCUT2D eigenvalue weighted by Crippen LogP contribution is 2.20. The molecule has 5 heteroatoms. The Morgan fingerprint density at radius 3 is 2.83 bits per heavy atom. The van der Waals surface area contributed by atoms with E-state index in [4.69, 9.17) is 5.11 Å². The zero-order valence-corrected chi connectivity index (χ0v) is 11.0. The number of aryl methyl sites for hydroxylation is 1. The van der Waals surface area contributed by atoms with Gasteiger partial charge in [-0.05, 0) is 31.5 Å². The molecule has 0 aliphatic rings. The first-order valence-corrected chi connectivity index (χ1v) is 6.43. The minimum Gasteiger partial charge on any atom is -0.478 e. The van der Waals surface area contributed by atoms with Crippen LogP contribution in [-0.4, -0.2) is 16.1 Å². The molecule has 0 radical (unpaired) electrons. The molecule has 0 saturated carbocycles. The average Bonchev–Trinajstić information content (AvgIpc) is 2.73. The number of rotatable bonds is 4. The van der Waals surface area contributed by atoms with Crippen molar-refractivity contribution in [3.8, 4) is 0 Å². The maximum atomic E-state index is 11.0. The molecule has 1 aromatic carbocycles. The fourth-order valence-corrected chi connectivity index (χ4v) is 2.43. The van der Waals surface area contributed by atoms with E-state index in [1.54, 1.807) is 30.4 Å². The second kappa shape index (κ2) is 5.18. The van der Waals surface area contributed by atoms with Gasteiger partial charge in [0.15, 0.2) is 0 Å². The third-order valence-corrected chi connectivity index (χ3v) is 3.63. The number of nitrogens with zero attached hydrogens (tertiary/aromatic N) is 1. The fourth-order valence-electron chi connectivity index (χ4n) is 1.71. The Hall–Kier alpha value is -1.88. The molecule has 0 bridgehead atoms. The number of thiazole rings is 1. The molecule has 0 amide bonds. The number of hydrogen-bond donors (Lipinski definition) is 2. The molecule has 0 spiro atoms. The van der Waals surface area contributed by atoms with E-state index >= 15 is 0 Å². The Labute approximate surface area is 109 Å². The highest BCUT2D eigenvalue weighted by molar-refractivity contribution is 7.09. The molecule has 4 nitrogen and oxygen atoms in total. The van der Waals surface area contributed by atoms with E-state index in [2.05, 4.69) is 10.3 Å². The predicted octanol–water partition coefficient (Wildman–Crippen LogP) is 3.07. The summed E-state index contributed by atoms with van der Waals surface area (Å²) in [6.45, 7) is 4.37. The van der Waals surface area contributed by atoms with Crippen LogP contribution in [0.5, 0.6) is 0 Å². The van der Waals surface area contributed by atoms with Crippen molar-refractivity contribution in [3.63, 3.8) is 0 Å². The molecule has 0 aliphatic heterocycles. The quantitative estimate of drug-likeness (QED) is 0.889. The van der Waals surface area contributed by atoms with E-state index in [9.17, 15) is 4.79 Å². The number of aromatic nitrogens is 1. The summed E-state index contributed by atoms with van der Waals surface area (Å²) in [7, 11) is 0. The Balaban J connectivity index is 2.14. The van der Waals surface area contributed by atoms with Crippen molar-refractivity contribution in [3.05, 3.63) is 45.4 Å². The molecule has 0 saturated heterocycles. The number of nitrogens with one attached hydrogen (secondary N) is 1. The SMILES string of the molecule is Cc1csc(CNc2cccc(C(=O)O)c2C)n1. The van der Waals surface area contributed by atoms with Gasteiger partial charge < -0.3 is 10.4 Å². The Bertz CT molecular complexity index is 578. The third-order valence-electron chi connectivity index (χ3n) is 2.66. The molecular weight excluding hydrogens is 248 g/mol. The zero-order valence-electron chi connectivity index (χ0n) is 10.2. The molecule has 18 heavy (non-hydrogen) atoms. The van der Waals surface area contributed by atoms with E-state index in [0.717, 1.165) is 22.0 Å². The molecule has 1 heterocycles. The minimum absolute atomic E-state index is 0.329. The van der Waals surface area contributed by atoms with Crippen LogP contribution in [0.15, 0.2) is 23.6 Å². The van der Waals surface area contributed by atoms with Gasteiger partial charge >= 0.3 is 5.97 Å². The normalized spacial score (nSPS) is 10.3. The van der Waals surface area contributed by atoms with Crippen molar-refractivity contribution < 1.29 is 9.90 Å². The van der Waals surface area contributed by atoms with Crippen LogP contribution in [0.4, 0.5) is 5.69 Å². The number of benzene rings is 1. The van der Waals surface area contributed by atoms with Gasteiger partial charge in [0.25, 0.3) is 0 Å². The summed E-state index contributed by atoms with van der Waals surface area (Å²) in [5.41, 5.74) is 2.92. The van der Waals surface area contributed by atoms with Crippen molar-refractivity contribution >= 4 is 23.0 Å². The summed E-state index contributed by atoms with van der Waals surface area (Å²) < 4.78 is 0. The van der Waals surface area contributed by atoms with Gasteiger partial charge in [-0.1, -0.05) is 6.07 Å². The van der Waals surface area contributed by atoms with Gasteiger partial charge in [-0.25, -0.2) is 9.78 Å². The van der Waals surface area contributed by atoms with Gasteiger partial charge in [-0.15, -0.1) is 11.3 Å². The van der Waals surface area contributed by atoms with Gasteiger partial charge in [-0.2, -0.15) is 0 Å². The Morgan fingerprint density at radius 2 is 2.22 bits per heavy atom. The molecule has 0 fully saturated rings. The highest BCUT2D eigenvalue weighted by atomic mass is 32.1. The minimum atomic E-state index is -0.902. The highest BCUT2D eigenvalue weighted by Gasteiger charge is 2.09. The number of hydrogen-bond acceptors (Lipinski definition) is 4. The van der Waals surface area contributed by atoms with Crippen LogP contribution in [0.25, 0.3) is 0 Å². The Morgan fingerprint density at radius 1 is 1.44 bits per heavy atom. The molecule has 0 unspecified atom stereocenters. The van der Waals surface area contributed by atoms with Crippen LogP contribution in [0, 0.1) is 13.8 Å². The van der Waals surface area contributed by atoms with Gasteiger partial charge in [0.2, 0.25) is 0 Å². The van der Waals surface area contributed by atoms with Gasteiger partial charge in [0.1, 0.15) is 5.01 Å². The predicted molar refractivity (Wildman–Crippen MR) is 72.3 cm³/mol. The second-order valence-electron chi connectivity index (χ2n) is 4.02. The van der Waals surface area contributed by atoms with Crippen LogP contribution < -0.4 is 5.32 Å². The summed E-state index contributed by atoms with van der Waals surface area (Å²) in [4.78, 5) is 15.4. The first-order valence-electron chi connectivity index (χ1n) is 5.55. The molecule has 1 aromatic heterocycles. The van der Waals surface area contributed by atoms with Crippen LogP contribution in [0.1, 0.15) is 26.6 Å². The smallest absolute Gasteiger partial charge is 0.336 e. The summed E-state index contributed by atoms with van der Waals surface area (Å²) >= 11 is 1.60. The number of anilines is 1. The zero-order chi connectivity index (χ0) is 13.1. The molecular formula is C13H14N2O2S. The maximum Gasteiger partial charge on any atom is 0.336 e. The van der Waals surface area contributed by atoms with E-state index in [1.807, 2.05) is 18.4 Å². The first-order chi connectivity index (χ1) is 8.58. The van der Waals surface area contributed by atoms with Gasteiger partial charge in [0, 0.05) is 16.8 Å². The molecule has 2 aromatic rings. The van der Waals surface area contributed by atoms with E-state index in [0.29, 0.717) is 12.1 Å². The number of carboxylic acids is 1. The van der Waals surface area contributed by atoms with Gasteiger partial charge in [-0.3, -0.25) is 0 Å². The topological polar surface area (TPSA) is 62.2 Å². The fraction of sp³-hybridized carbons (Fsp3) is 0.231. The molecule has 0 atom stereocenters. The summed E-state index contributed by atoms with van der Waals surface area (Å²) in [5.74, 6) is -0.902. The third kappa shape index (κ3) is 2.68. The van der Waals surface area contributed by atoms with Gasteiger partial charge in [0.05, 0.1) is 12.1 Å². The molecule has 2 rings (SSSR count). The van der Waals surface area contributed by atoms with Crippen LogP contribution >= 0.6 is 11.3 Å². The lowest BCUT2D eigenvalue weighted by Gasteiger charge is -2.10. The second-order valence-corrected chi connectivity index (χ2v) is 4.96. The standard InChI is InChI=1S/C13H14N2O2S/c1-8-7-18-12(15-8)6-14-11-5-3-4-10(9(11)2)13(16)17/h3-5,7,14H,6H2,1-2H3,(H,16,17). The first kappa shape index (κ1) is 12.6. The monoisotopic (exact) mass is 262 g/mol. The van der Waals surface area contributed by atoms with Crippen molar-refractivity contribution in [1.82, 2.24) is 4.98 Å². The van der Waals surface area contributed by atoms with Crippen molar-refractivity contribution in [2.24, 2.45) is 0 Å². The largest absolute Gasteiger partial charge is 0.478 e. The molecule has 94 valence electrons. The Kier molecular flexibility index (Phi) is 3.62. The lowest BCUT2D eigenvalue weighted by molar-refractivity contribution is 0.0696. The van der Waals surface area contributed by atoms with E-state index < -0.39 is 5.97 Å². The van der Waals surface area contributed by atoms with Crippen molar-refractivity contribution in [1.29, 1.82) is 0 Å². The summed E-state index contributed by atoms with van der Waals surface area (Å²) in [6.07, 6.45) is 0. The van der Waals surface area contributed by atoms with Crippen LogP contribution in [-0.2, 0) is 6.54 Å². The van der Waals surface area contributed by atoms with Crippen molar-refractivity contribution in [2.75, 3.05) is 5.32 Å². The maximum absolute atomic E-state index is 11.0. The molecule has 0 aliphatic carbocycles. The van der Waals surface area contributed by atoms with Crippen molar-refractivity contribution in [2.45, 2.75) is 20.4 Å². The number of carboxylic acid groups (broad SMARTS) is 1. The molecule has 2 N–H and O–H groups in total. The summed E-state index contributed by atoms with van der Waals surface area (Å²) in [6, 6.07) is 5.23. The van der Waals surface area contributed by atoms with Crippen LogP contribution in [0.3, 0.4) is 0 Å². The number of aromatic carboxylic acids is 1. The number of carbonyl (C=O) groups is 1. The van der Waals surface area contributed by atoms with E-state index in [-0.39, 0.29) is 0 Å².